The summed E-state index contributed by atoms with van der Waals surface area (Å²) >= 11 is 5.80. The van der Waals surface area contributed by atoms with Gasteiger partial charge in [0.1, 0.15) is 12.2 Å². The van der Waals surface area contributed by atoms with Crippen molar-refractivity contribution in [3.05, 3.63) is 58.7 Å². The quantitative estimate of drug-likeness (QED) is 0.496. The summed E-state index contributed by atoms with van der Waals surface area (Å²) in [5.74, 6) is -0.929. The van der Waals surface area contributed by atoms with Gasteiger partial charge in [0, 0.05) is 10.7 Å². The number of imide groups is 1. The lowest BCUT2D eigenvalue weighted by Crippen LogP contribution is -2.38. The molecule has 0 radical (unpaired) electrons. The molecule has 4 amide bonds. The van der Waals surface area contributed by atoms with E-state index < -0.39 is 24.4 Å². The lowest BCUT2D eigenvalue weighted by Gasteiger charge is -2.12. The fourth-order valence-electron chi connectivity index (χ4n) is 2.65. The molecule has 1 aliphatic heterocycles. The topological polar surface area (TPSA) is 108 Å². The number of amides is 4. The van der Waals surface area contributed by atoms with Crippen molar-refractivity contribution in [2.24, 2.45) is 0 Å². The number of phenols is 1. The monoisotopic (exact) mass is 415 g/mol. The summed E-state index contributed by atoms with van der Waals surface area (Å²) in [6.45, 7) is 1.70. The fraction of sp³-hybridized carbons (Fsp3) is 0.150. The zero-order valence-corrected chi connectivity index (χ0v) is 16.2. The number of nitrogens with one attached hydrogen (secondary N) is 2. The van der Waals surface area contributed by atoms with Crippen molar-refractivity contribution in [2.45, 2.75) is 6.92 Å². The van der Waals surface area contributed by atoms with Crippen LogP contribution in [-0.2, 0) is 9.59 Å². The molecule has 29 heavy (non-hydrogen) atoms. The number of nitrogens with zero attached hydrogens (tertiary/aromatic N) is 1. The zero-order chi connectivity index (χ0) is 21.0. The fourth-order valence-corrected chi connectivity index (χ4v) is 2.78. The van der Waals surface area contributed by atoms with Gasteiger partial charge in [-0.25, -0.2) is 9.69 Å². The van der Waals surface area contributed by atoms with Gasteiger partial charge in [0.05, 0.1) is 6.61 Å². The molecular formula is C20H18ClN3O5. The average molecular weight is 416 g/mol. The number of phenolic OH excluding ortho intramolecular Hbond substituents is 1. The third-order valence-electron chi connectivity index (χ3n) is 3.99. The molecular weight excluding hydrogens is 398 g/mol. The van der Waals surface area contributed by atoms with Crippen molar-refractivity contribution >= 4 is 41.2 Å². The standard InChI is InChI=1S/C20H18ClN3O5/c1-2-29-17-10-12(3-8-16(17)25)9-15-19(27)24(20(28)23-15)11-18(26)22-14-6-4-13(21)5-7-14/h3-10,25H,2,11H2,1H3,(H,22,26)(H,23,28)/b15-9-. The number of urea groups is 1. The van der Waals surface area contributed by atoms with Gasteiger partial charge >= 0.3 is 6.03 Å². The van der Waals surface area contributed by atoms with Gasteiger partial charge in [-0.3, -0.25) is 9.59 Å². The van der Waals surface area contributed by atoms with E-state index in [9.17, 15) is 19.5 Å². The van der Waals surface area contributed by atoms with Crippen LogP contribution in [0.5, 0.6) is 11.5 Å². The molecule has 150 valence electrons. The Balaban J connectivity index is 1.70. The Kier molecular flexibility index (Phi) is 6.04. The summed E-state index contributed by atoms with van der Waals surface area (Å²) in [7, 11) is 0. The molecule has 1 saturated heterocycles. The molecule has 2 aromatic carbocycles. The highest BCUT2D eigenvalue weighted by atomic mass is 35.5. The molecule has 9 heteroatoms. The molecule has 3 N–H and O–H groups in total. The van der Waals surface area contributed by atoms with Gasteiger partial charge in [-0.2, -0.15) is 0 Å². The van der Waals surface area contributed by atoms with E-state index in [-0.39, 0.29) is 17.2 Å². The van der Waals surface area contributed by atoms with Crippen LogP contribution < -0.4 is 15.4 Å². The van der Waals surface area contributed by atoms with E-state index in [1.165, 1.54) is 12.1 Å². The molecule has 0 aliphatic carbocycles. The Morgan fingerprint density at radius 2 is 1.97 bits per heavy atom. The summed E-state index contributed by atoms with van der Waals surface area (Å²) in [4.78, 5) is 37.6. The van der Waals surface area contributed by atoms with E-state index in [2.05, 4.69) is 10.6 Å². The van der Waals surface area contributed by atoms with Gasteiger partial charge < -0.3 is 20.5 Å². The Hall–Kier alpha value is -3.52. The number of rotatable bonds is 6. The molecule has 0 spiro atoms. The van der Waals surface area contributed by atoms with Crippen molar-refractivity contribution in [1.29, 1.82) is 0 Å². The molecule has 1 heterocycles. The van der Waals surface area contributed by atoms with Gasteiger partial charge in [-0.1, -0.05) is 17.7 Å². The second kappa shape index (κ2) is 8.66. The van der Waals surface area contributed by atoms with Crippen LogP contribution in [0.1, 0.15) is 12.5 Å². The molecule has 0 saturated carbocycles. The number of carbonyl (C=O) groups excluding carboxylic acids is 3. The van der Waals surface area contributed by atoms with E-state index >= 15 is 0 Å². The summed E-state index contributed by atoms with van der Waals surface area (Å²) in [5.41, 5.74) is 1.06. The highest BCUT2D eigenvalue weighted by Gasteiger charge is 2.34. The summed E-state index contributed by atoms with van der Waals surface area (Å²) < 4.78 is 5.30. The summed E-state index contributed by atoms with van der Waals surface area (Å²) in [6, 6.07) is 10.3. The largest absolute Gasteiger partial charge is 0.504 e. The zero-order valence-electron chi connectivity index (χ0n) is 15.4. The van der Waals surface area contributed by atoms with E-state index in [0.29, 0.717) is 22.9 Å². The maximum absolute atomic E-state index is 12.5. The Morgan fingerprint density at radius 3 is 2.66 bits per heavy atom. The molecule has 0 aromatic heterocycles. The molecule has 0 unspecified atom stereocenters. The Morgan fingerprint density at radius 1 is 1.24 bits per heavy atom. The van der Waals surface area contributed by atoms with Crippen molar-refractivity contribution < 1.29 is 24.2 Å². The van der Waals surface area contributed by atoms with Crippen LogP contribution in [0.3, 0.4) is 0 Å². The van der Waals surface area contributed by atoms with Crippen LogP contribution in [-0.4, -0.2) is 41.0 Å². The van der Waals surface area contributed by atoms with Crippen LogP contribution in [0.4, 0.5) is 10.5 Å². The predicted molar refractivity (Wildman–Crippen MR) is 108 cm³/mol. The number of hydrogen-bond acceptors (Lipinski definition) is 5. The SMILES string of the molecule is CCOc1cc(/C=C2\NC(=O)N(CC(=O)Nc3ccc(Cl)cc3)C2=O)ccc1O. The summed E-state index contributed by atoms with van der Waals surface area (Å²) in [6.07, 6.45) is 1.44. The second-order valence-corrected chi connectivity index (χ2v) is 6.53. The van der Waals surface area contributed by atoms with Gasteiger partial charge in [0.15, 0.2) is 11.5 Å². The van der Waals surface area contributed by atoms with Gasteiger partial charge in [0.25, 0.3) is 5.91 Å². The molecule has 8 nitrogen and oxygen atoms in total. The average Bonchev–Trinajstić information content (AvgIpc) is 2.94. The van der Waals surface area contributed by atoms with Gasteiger partial charge in [-0.15, -0.1) is 0 Å². The van der Waals surface area contributed by atoms with Crippen molar-refractivity contribution in [3.63, 3.8) is 0 Å². The second-order valence-electron chi connectivity index (χ2n) is 6.09. The minimum Gasteiger partial charge on any atom is -0.504 e. The highest BCUT2D eigenvalue weighted by molar-refractivity contribution is 6.30. The predicted octanol–water partition coefficient (Wildman–Crippen LogP) is 2.98. The van der Waals surface area contributed by atoms with E-state index in [1.807, 2.05) is 0 Å². The van der Waals surface area contributed by atoms with Crippen LogP contribution in [0.2, 0.25) is 5.02 Å². The minimum atomic E-state index is -0.698. The first-order valence-electron chi connectivity index (χ1n) is 8.73. The number of halogens is 1. The van der Waals surface area contributed by atoms with Crippen molar-refractivity contribution in [1.82, 2.24) is 10.2 Å². The first-order chi connectivity index (χ1) is 13.9. The number of ether oxygens (including phenoxy) is 1. The highest BCUT2D eigenvalue weighted by Crippen LogP contribution is 2.28. The van der Waals surface area contributed by atoms with E-state index in [4.69, 9.17) is 16.3 Å². The first-order valence-corrected chi connectivity index (χ1v) is 9.11. The van der Waals surface area contributed by atoms with Crippen molar-refractivity contribution in [2.75, 3.05) is 18.5 Å². The van der Waals surface area contributed by atoms with Gasteiger partial charge in [-0.05, 0) is 55.0 Å². The molecule has 0 atom stereocenters. The minimum absolute atomic E-state index is 0.0161. The van der Waals surface area contributed by atoms with Gasteiger partial charge in [0.2, 0.25) is 5.91 Å². The Labute approximate surface area is 171 Å². The maximum Gasteiger partial charge on any atom is 0.329 e. The number of hydrogen-bond donors (Lipinski definition) is 3. The van der Waals surface area contributed by atoms with Crippen LogP contribution in [0, 0.1) is 0 Å². The molecule has 1 fully saturated rings. The Bertz CT molecular complexity index is 988. The number of carbonyl (C=O) groups is 3. The smallest absolute Gasteiger partial charge is 0.329 e. The number of aromatic hydroxyl groups is 1. The van der Waals surface area contributed by atoms with Crippen molar-refractivity contribution in [3.8, 4) is 11.5 Å². The number of benzene rings is 2. The lowest BCUT2D eigenvalue weighted by atomic mass is 10.1. The molecule has 2 aromatic rings. The molecule has 0 bridgehead atoms. The van der Waals surface area contributed by atoms with Crippen LogP contribution in [0.15, 0.2) is 48.2 Å². The molecule has 3 rings (SSSR count). The van der Waals surface area contributed by atoms with Crippen LogP contribution >= 0.6 is 11.6 Å². The van der Waals surface area contributed by atoms with E-state index in [0.717, 1.165) is 4.90 Å². The van der Waals surface area contributed by atoms with E-state index in [1.54, 1.807) is 43.3 Å². The third-order valence-corrected chi connectivity index (χ3v) is 4.24. The molecule has 1 aliphatic rings. The van der Waals surface area contributed by atoms with Crippen LogP contribution in [0.25, 0.3) is 6.08 Å². The number of anilines is 1. The summed E-state index contributed by atoms with van der Waals surface area (Å²) in [5, 5.41) is 15.3. The first kappa shape index (κ1) is 20.2. The lowest BCUT2D eigenvalue weighted by molar-refractivity contribution is -0.127. The maximum atomic E-state index is 12.5. The normalized spacial score (nSPS) is 14.8. The third kappa shape index (κ3) is 4.85.